The van der Waals surface area contributed by atoms with Crippen LogP contribution in [0.4, 0.5) is 17.3 Å². The van der Waals surface area contributed by atoms with Gasteiger partial charge in [-0.1, -0.05) is 32.9 Å². The van der Waals surface area contributed by atoms with Crippen molar-refractivity contribution >= 4 is 23.2 Å². The van der Waals surface area contributed by atoms with E-state index in [2.05, 4.69) is 46.3 Å². The van der Waals surface area contributed by atoms with E-state index in [-0.39, 0.29) is 17.4 Å². The summed E-state index contributed by atoms with van der Waals surface area (Å²) in [6.07, 6.45) is 0.849. The van der Waals surface area contributed by atoms with Crippen molar-refractivity contribution in [2.24, 2.45) is 5.41 Å². The molecule has 1 aliphatic heterocycles. The van der Waals surface area contributed by atoms with E-state index in [9.17, 15) is 4.79 Å². The lowest BCUT2D eigenvalue weighted by Gasteiger charge is -2.19. The van der Waals surface area contributed by atoms with Crippen LogP contribution in [-0.4, -0.2) is 43.7 Å². The highest BCUT2D eigenvalue weighted by molar-refractivity contribution is 5.75. The summed E-state index contributed by atoms with van der Waals surface area (Å²) < 4.78 is 11.2. The van der Waals surface area contributed by atoms with Crippen LogP contribution in [0.15, 0.2) is 24.3 Å². The van der Waals surface area contributed by atoms with Crippen molar-refractivity contribution in [3.05, 3.63) is 29.8 Å². The van der Waals surface area contributed by atoms with Gasteiger partial charge in [-0.05, 0) is 28.1 Å². The smallest absolute Gasteiger partial charge is 0.433 e. The highest BCUT2D eigenvalue weighted by atomic mass is 16.5. The second-order valence-electron chi connectivity index (χ2n) is 9.34. The van der Waals surface area contributed by atoms with Crippen LogP contribution < -0.4 is 35.7 Å². The van der Waals surface area contributed by atoms with Gasteiger partial charge in [0.25, 0.3) is 5.82 Å². The average molecular weight is 444 g/mol. The van der Waals surface area contributed by atoms with Gasteiger partial charge in [-0.15, -0.1) is 0 Å². The number of H-pyrrole nitrogens is 1. The molecule has 0 saturated carbocycles. The van der Waals surface area contributed by atoms with Crippen LogP contribution in [0.1, 0.15) is 39.7 Å². The second kappa shape index (κ2) is 9.93. The number of nitrogens with zero attached hydrogens (tertiary/aromatic N) is 2. The Balaban J connectivity index is 1.82. The third-order valence-corrected chi connectivity index (χ3v) is 5.12. The Labute approximate surface area is 189 Å². The molecular formula is C23H35N6O3+. The molecule has 5 N–H and O–H groups in total. The monoisotopic (exact) mass is 443 g/mol. The van der Waals surface area contributed by atoms with Crippen LogP contribution in [0.25, 0.3) is 0 Å². The minimum atomic E-state index is -0.0282. The third-order valence-electron chi connectivity index (χ3n) is 5.12. The van der Waals surface area contributed by atoms with Crippen molar-refractivity contribution in [3.8, 4) is 11.8 Å². The SMILES string of the molecule is COc1ccc(CNc2nc(OCC(C)(C)C)[nH+]c(N3CCC(NC(C)=O)C3)c2N)cc1. The summed E-state index contributed by atoms with van der Waals surface area (Å²) in [7, 11) is 1.65. The van der Waals surface area contributed by atoms with E-state index in [1.807, 2.05) is 24.3 Å². The molecule has 9 nitrogen and oxygen atoms in total. The van der Waals surface area contributed by atoms with Gasteiger partial charge in [-0.25, -0.2) is 4.98 Å². The molecule has 0 radical (unpaired) electrons. The summed E-state index contributed by atoms with van der Waals surface area (Å²) in [4.78, 5) is 21.4. The molecule has 3 rings (SSSR count). The third kappa shape index (κ3) is 6.38. The zero-order chi connectivity index (χ0) is 23.3. The van der Waals surface area contributed by atoms with Gasteiger partial charge in [-0.2, -0.15) is 0 Å². The summed E-state index contributed by atoms with van der Waals surface area (Å²) in [6, 6.07) is 8.32. The number of nitrogen functional groups attached to an aromatic ring is 1. The molecule has 1 aromatic carbocycles. The molecule has 1 unspecified atom stereocenters. The fourth-order valence-electron chi connectivity index (χ4n) is 3.51. The number of ether oxygens (including phenoxy) is 2. The van der Waals surface area contributed by atoms with Gasteiger partial charge in [-0.3, -0.25) is 9.69 Å². The van der Waals surface area contributed by atoms with Gasteiger partial charge < -0.3 is 25.8 Å². The number of amides is 1. The Bertz CT molecular complexity index is 927. The highest BCUT2D eigenvalue weighted by Crippen LogP contribution is 2.30. The topological polar surface area (TPSA) is 116 Å². The molecule has 1 saturated heterocycles. The Morgan fingerprint density at radius 3 is 2.66 bits per heavy atom. The van der Waals surface area contributed by atoms with Crippen molar-refractivity contribution < 1.29 is 19.3 Å². The van der Waals surface area contributed by atoms with Crippen LogP contribution >= 0.6 is 0 Å². The molecular weight excluding hydrogens is 408 g/mol. The summed E-state index contributed by atoms with van der Waals surface area (Å²) >= 11 is 0. The maximum Gasteiger partial charge on any atom is 0.433 e. The first-order valence-corrected chi connectivity index (χ1v) is 10.9. The Hall–Kier alpha value is -3.23. The number of hydrogen-bond acceptors (Lipinski definition) is 7. The molecule has 0 bridgehead atoms. The fourth-order valence-corrected chi connectivity index (χ4v) is 3.51. The van der Waals surface area contributed by atoms with Crippen LogP contribution in [0.2, 0.25) is 0 Å². The van der Waals surface area contributed by atoms with Crippen LogP contribution in [0, 0.1) is 5.41 Å². The van der Waals surface area contributed by atoms with E-state index in [1.165, 1.54) is 6.92 Å². The molecule has 0 spiro atoms. The predicted molar refractivity (Wildman–Crippen MR) is 125 cm³/mol. The van der Waals surface area contributed by atoms with Crippen LogP contribution in [0.3, 0.4) is 0 Å². The van der Waals surface area contributed by atoms with E-state index in [0.717, 1.165) is 30.1 Å². The molecule has 1 fully saturated rings. The largest absolute Gasteiger partial charge is 0.497 e. The van der Waals surface area contributed by atoms with E-state index in [4.69, 9.17) is 15.2 Å². The Morgan fingerprint density at radius 1 is 1.31 bits per heavy atom. The number of nitrogens with one attached hydrogen (secondary N) is 3. The number of rotatable bonds is 8. The Morgan fingerprint density at radius 2 is 2.03 bits per heavy atom. The molecule has 32 heavy (non-hydrogen) atoms. The number of aromatic nitrogens is 2. The molecule has 9 heteroatoms. The lowest BCUT2D eigenvalue weighted by Crippen LogP contribution is -2.37. The zero-order valence-electron chi connectivity index (χ0n) is 19.6. The lowest BCUT2D eigenvalue weighted by atomic mass is 9.99. The first kappa shape index (κ1) is 23.4. The van der Waals surface area contributed by atoms with E-state index in [1.54, 1.807) is 7.11 Å². The standard InChI is InChI=1S/C23H34N6O3/c1-15(30)26-17-10-11-29(13-17)21-19(24)20(27-22(28-21)32-14-23(2,3)4)25-12-16-6-8-18(31-5)9-7-16/h6-9,17H,10-14,24H2,1-5H3,(H,26,30)(H,25,27,28)/p+1. The van der Waals surface area contributed by atoms with Gasteiger partial charge in [0.1, 0.15) is 5.75 Å². The number of methoxy groups -OCH3 is 1. The molecule has 1 atom stereocenters. The quantitative estimate of drug-likeness (QED) is 0.573. The number of hydrogen-bond donors (Lipinski definition) is 3. The zero-order valence-corrected chi connectivity index (χ0v) is 19.6. The Kier molecular flexibility index (Phi) is 7.27. The minimum absolute atomic E-state index is 0.0160. The summed E-state index contributed by atoms with van der Waals surface area (Å²) in [5.74, 6) is 2.08. The van der Waals surface area contributed by atoms with Gasteiger partial charge in [0.05, 0.1) is 32.8 Å². The second-order valence-corrected chi connectivity index (χ2v) is 9.34. The average Bonchev–Trinajstić information content (AvgIpc) is 3.19. The molecule has 174 valence electrons. The van der Waals surface area contributed by atoms with Crippen molar-refractivity contribution in [1.29, 1.82) is 0 Å². The van der Waals surface area contributed by atoms with Gasteiger partial charge in [0.15, 0.2) is 5.69 Å². The van der Waals surface area contributed by atoms with Crippen LogP contribution in [-0.2, 0) is 11.3 Å². The molecule has 2 aromatic rings. The number of carbonyl (C=O) groups excluding carboxylic acids is 1. The van der Waals surface area contributed by atoms with Crippen LogP contribution in [0.5, 0.6) is 11.8 Å². The molecule has 1 aliphatic rings. The van der Waals surface area contributed by atoms with Gasteiger partial charge >= 0.3 is 6.01 Å². The fraction of sp³-hybridized carbons (Fsp3) is 0.522. The summed E-state index contributed by atoms with van der Waals surface area (Å²) in [6.45, 7) is 10.3. The first-order chi connectivity index (χ1) is 15.1. The minimum Gasteiger partial charge on any atom is -0.497 e. The van der Waals surface area contributed by atoms with Crippen molar-refractivity contribution in [3.63, 3.8) is 0 Å². The number of anilines is 3. The number of nitrogens with two attached hydrogens (primary N) is 1. The maximum atomic E-state index is 11.4. The lowest BCUT2D eigenvalue weighted by molar-refractivity contribution is -0.386. The number of carbonyl (C=O) groups is 1. The summed E-state index contributed by atoms with van der Waals surface area (Å²) in [5, 5.41) is 6.32. The van der Waals surface area contributed by atoms with Crippen molar-refractivity contribution in [2.75, 3.05) is 42.8 Å². The number of benzene rings is 1. The first-order valence-electron chi connectivity index (χ1n) is 10.9. The van der Waals surface area contributed by atoms with Crippen molar-refractivity contribution in [2.45, 2.75) is 46.7 Å². The van der Waals surface area contributed by atoms with Gasteiger partial charge in [0.2, 0.25) is 11.7 Å². The molecule has 0 aliphatic carbocycles. The normalized spacial score (nSPS) is 16.0. The molecule has 1 aromatic heterocycles. The van der Waals surface area contributed by atoms with E-state index >= 15 is 0 Å². The predicted octanol–water partition coefficient (Wildman–Crippen LogP) is 2.24. The highest BCUT2D eigenvalue weighted by Gasteiger charge is 2.32. The maximum absolute atomic E-state index is 11.4. The molecule has 2 heterocycles. The number of aromatic amines is 1. The van der Waals surface area contributed by atoms with E-state index in [0.29, 0.717) is 37.2 Å². The molecule has 1 amide bonds. The summed E-state index contributed by atoms with van der Waals surface area (Å²) in [5.41, 5.74) is 8.09. The van der Waals surface area contributed by atoms with Gasteiger partial charge in [0, 0.05) is 19.9 Å². The van der Waals surface area contributed by atoms with Crippen molar-refractivity contribution in [1.82, 2.24) is 10.3 Å². The van der Waals surface area contributed by atoms with E-state index < -0.39 is 0 Å².